The molecule has 0 radical (unpaired) electrons. The van der Waals surface area contributed by atoms with Crippen LogP contribution in [0.2, 0.25) is 0 Å². The molecule has 0 aliphatic rings. The average molecular weight is 229 g/mol. The standard InChI is InChI=1S/C9H9BrO2/c10-6-8(11)7-12-9-4-2-1-3-5-9/h1-5H,6-7H2. The van der Waals surface area contributed by atoms with Gasteiger partial charge in [0.1, 0.15) is 12.4 Å². The lowest BCUT2D eigenvalue weighted by Gasteiger charge is -2.02. The Bertz CT molecular complexity index is 246. The van der Waals surface area contributed by atoms with Crippen molar-refractivity contribution in [2.75, 3.05) is 11.9 Å². The van der Waals surface area contributed by atoms with Crippen LogP contribution in [0.4, 0.5) is 0 Å². The molecule has 1 aromatic carbocycles. The lowest BCUT2D eigenvalue weighted by Crippen LogP contribution is -2.11. The molecule has 0 bridgehead atoms. The Morgan fingerprint density at radius 2 is 2.00 bits per heavy atom. The maximum absolute atomic E-state index is 10.8. The van der Waals surface area contributed by atoms with E-state index >= 15 is 0 Å². The highest BCUT2D eigenvalue weighted by Gasteiger charge is 1.98. The van der Waals surface area contributed by atoms with E-state index in [-0.39, 0.29) is 12.4 Å². The lowest BCUT2D eigenvalue weighted by atomic mass is 10.3. The van der Waals surface area contributed by atoms with Gasteiger partial charge in [0, 0.05) is 0 Å². The number of carbonyl (C=O) groups is 1. The predicted octanol–water partition coefficient (Wildman–Crippen LogP) is 2.03. The predicted molar refractivity (Wildman–Crippen MR) is 50.7 cm³/mol. The van der Waals surface area contributed by atoms with E-state index in [2.05, 4.69) is 15.9 Å². The summed E-state index contributed by atoms with van der Waals surface area (Å²) >= 11 is 3.06. The van der Waals surface area contributed by atoms with Crippen LogP contribution >= 0.6 is 15.9 Å². The second-order valence-electron chi connectivity index (χ2n) is 2.27. The number of benzene rings is 1. The number of carbonyl (C=O) groups excluding carboxylic acids is 1. The summed E-state index contributed by atoms with van der Waals surface area (Å²) in [5.74, 6) is 0.769. The summed E-state index contributed by atoms with van der Waals surface area (Å²) in [6.45, 7) is 0.134. The molecule has 64 valence electrons. The fourth-order valence-electron chi connectivity index (χ4n) is 0.719. The van der Waals surface area contributed by atoms with Crippen molar-refractivity contribution in [3.8, 4) is 5.75 Å². The van der Waals surface area contributed by atoms with Crippen molar-refractivity contribution >= 4 is 21.7 Å². The van der Waals surface area contributed by atoms with Gasteiger partial charge >= 0.3 is 0 Å². The Kier molecular flexibility index (Phi) is 3.80. The first-order valence-electron chi connectivity index (χ1n) is 3.58. The Morgan fingerprint density at radius 1 is 1.33 bits per heavy atom. The molecular formula is C9H9BrO2. The van der Waals surface area contributed by atoms with Crippen LogP contribution in [0.5, 0.6) is 5.75 Å². The van der Waals surface area contributed by atoms with Crippen molar-refractivity contribution in [2.24, 2.45) is 0 Å². The fourth-order valence-corrected chi connectivity index (χ4v) is 0.881. The van der Waals surface area contributed by atoms with Crippen molar-refractivity contribution in [2.45, 2.75) is 0 Å². The molecule has 0 saturated heterocycles. The molecule has 0 atom stereocenters. The van der Waals surface area contributed by atoms with Crippen LogP contribution in [0.3, 0.4) is 0 Å². The van der Waals surface area contributed by atoms with Crippen LogP contribution < -0.4 is 4.74 Å². The van der Waals surface area contributed by atoms with E-state index < -0.39 is 0 Å². The highest BCUT2D eigenvalue weighted by Crippen LogP contribution is 2.07. The topological polar surface area (TPSA) is 26.3 Å². The average Bonchev–Trinajstić information content (AvgIpc) is 2.16. The maximum Gasteiger partial charge on any atom is 0.180 e. The van der Waals surface area contributed by atoms with Gasteiger partial charge in [0.15, 0.2) is 5.78 Å². The molecule has 2 nitrogen and oxygen atoms in total. The molecule has 0 N–H and O–H groups in total. The number of halogens is 1. The van der Waals surface area contributed by atoms with Gasteiger partial charge in [-0.1, -0.05) is 34.1 Å². The van der Waals surface area contributed by atoms with Gasteiger partial charge in [-0.05, 0) is 12.1 Å². The molecule has 0 aliphatic carbocycles. The number of hydrogen-bond donors (Lipinski definition) is 0. The third-order valence-electron chi connectivity index (χ3n) is 1.29. The summed E-state index contributed by atoms with van der Waals surface area (Å²) in [6, 6.07) is 9.28. The molecule has 1 rings (SSSR count). The van der Waals surface area contributed by atoms with Gasteiger partial charge in [0.05, 0.1) is 5.33 Å². The SMILES string of the molecule is O=C(CBr)COc1ccccc1. The van der Waals surface area contributed by atoms with Crippen LogP contribution in [0.25, 0.3) is 0 Å². The zero-order chi connectivity index (χ0) is 8.81. The van der Waals surface area contributed by atoms with Gasteiger partial charge in [-0.2, -0.15) is 0 Å². The molecule has 12 heavy (non-hydrogen) atoms. The number of ether oxygens (including phenoxy) is 1. The van der Waals surface area contributed by atoms with Gasteiger partial charge in [0.25, 0.3) is 0 Å². The van der Waals surface area contributed by atoms with E-state index in [1.165, 1.54) is 0 Å². The molecule has 0 heterocycles. The lowest BCUT2D eigenvalue weighted by molar-refractivity contribution is -0.118. The second kappa shape index (κ2) is 4.93. The number of rotatable bonds is 4. The number of Topliss-reactive ketones (excluding diaryl/α,β-unsaturated/α-hetero) is 1. The summed E-state index contributed by atoms with van der Waals surface area (Å²) < 4.78 is 5.18. The molecule has 0 unspecified atom stereocenters. The quantitative estimate of drug-likeness (QED) is 0.738. The largest absolute Gasteiger partial charge is 0.486 e. The Labute approximate surface area is 79.7 Å². The highest BCUT2D eigenvalue weighted by atomic mass is 79.9. The number of hydrogen-bond acceptors (Lipinski definition) is 2. The Balaban J connectivity index is 2.38. The third-order valence-corrected chi connectivity index (χ3v) is 1.92. The second-order valence-corrected chi connectivity index (χ2v) is 2.83. The molecular weight excluding hydrogens is 220 g/mol. The Hall–Kier alpha value is -0.830. The summed E-state index contributed by atoms with van der Waals surface area (Å²) in [7, 11) is 0. The number of para-hydroxylation sites is 1. The molecule has 0 saturated carbocycles. The van der Waals surface area contributed by atoms with Crippen molar-refractivity contribution in [3.05, 3.63) is 30.3 Å². The minimum Gasteiger partial charge on any atom is -0.486 e. The summed E-state index contributed by atoms with van der Waals surface area (Å²) in [5, 5.41) is 0.347. The van der Waals surface area contributed by atoms with E-state index in [1.807, 2.05) is 30.3 Å². The van der Waals surface area contributed by atoms with Crippen LogP contribution in [0, 0.1) is 0 Å². The molecule has 0 fully saturated rings. The van der Waals surface area contributed by atoms with Crippen LogP contribution in [0.15, 0.2) is 30.3 Å². The molecule has 0 aromatic heterocycles. The molecule has 0 spiro atoms. The van der Waals surface area contributed by atoms with Crippen molar-refractivity contribution in [1.82, 2.24) is 0 Å². The normalized spacial score (nSPS) is 9.42. The summed E-state index contributed by atoms with van der Waals surface area (Å²) in [6.07, 6.45) is 0. The molecule has 3 heteroatoms. The smallest absolute Gasteiger partial charge is 0.180 e. The van der Waals surface area contributed by atoms with Gasteiger partial charge in [-0.3, -0.25) is 4.79 Å². The van der Waals surface area contributed by atoms with Crippen molar-refractivity contribution in [3.63, 3.8) is 0 Å². The van der Waals surface area contributed by atoms with Crippen molar-refractivity contribution < 1.29 is 9.53 Å². The van der Waals surface area contributed by atoms with Gasteiger partial charge < -0.3 is 4.74 Å². The zero-order valence-corrected chi connectivity index (χ0v) is 8.08. The van der Waals surface area contributed by atoms with Gasteiger partial charge in [0.2, 0.25) is 0 Å². The maximum atomic E-state index is 10.8. The minimum absolute atomic E-state index is 0.0406. The van der Waals surface area contributed by atoms with E-state index in [4.69, 9.17) is 4.74 Å². The van der Waals surface area contributed by atoms with Crippen LogP contribution in [-0.2, 0) is 4.79 Å². The summed E-state index contributed by atoms with van der Waals surface area (Å²) in [4.78, 5) is 10.8. The molecule has 0 amide bonds. The monoisotopic (exact) mass is 228 g/mol. The van der Waals surface area contributed by atoms with E-state index in [1.54, 1.807) is 0 Å². The fraction of sp³-hybridized carbons (Fsp3) is 0.222. The number of ketones is 1. The zero-order valence-electron chi connectivity index (χ0n) is 6.50. The third kappa shape index (κ3) is 3.05. The van der Waals surface area contributed by atoms with Crippen molar-refractivity contribution in [1.29, 1.82) is 0 Å². The van der Waals surface area contributed by atoms with Crippen LogP contribution in [0.1, 0.15) is 0 Å². The molecule has 0 aliphatic heterocycles. The van der Waals surface area contributed by atoms with E-state index in [0.29, 0.717) is 5.33 Å². The first-order chi connectivity index (χ1) is 5.83. The first kappa shape index (κ1) is 9.26. The van der Waals surface area contributed by atoms with Gasteiger partial charge in [-0.25, -0.2) is 0 Å². The molecule has 1 aromatic rings. The van der Waals surface area contributed by atoms with Gasteiger partial charge in [-0.15, -0.1) is 0 Å². The minimum atomic E-state index is 0.0406. The first-order valence-corrected chi connectivity index (χ1v) is 4.70. The number of alkyl halides is 1. The summed E-state index contributed by atoms with van der Waals surface area (Å²) in [5.41, 5.74) is 0. The Morgan fingerprint density at radius 3 is 2.58 bits per heavy atom. The highest BCUT2D eigenvalue weighted by molar-refractivity contribution is 9.09. The van der Waals surface area contributed by atoms with E-state index in [9.17, 15) is 4.79 Å². The van der Waals surface area contributed by atoms with Crippen LogP contribution in [-0.4, -0.2) is 17.7 Å². The van der Waals surface area contributed by atoms with E-state index in [0.717, 1.165) is 5.75 Å².